The first kappa shape index (κ1) is 24.2. The van der Waals surface area contributed by atoms with Gasteiger partial charge in [-0.25, -0.2) is 12.8 Å². The molecule has 3 aromatic rings. The van der Waals surface area contributed by atoms with Gasteiger partial charge in [-0.1, -0.05) is 6.92 Å². The number of hydrogen-bond donors (Lipinski definition) is 0. The third kappa shape index (κ3) is 4.42. The van der Waals surface area contributed by atoms with Crippen LogP contribution in [0, 0.1) is 5.82 Å². The number of rotatable bonds is 7. The van der Waals surface area contributed by atoms with E-state index in [0.29, 0.717) is 36.6 Å². The number of aryl methyl sites for hydroxylation is 1. The molecule has 0 amide bonds. The molecule has 0 radical (unpaired) electrons. The van der Waals surface area contributed by atoms with Crippen LogP contribution in [0.4, 0.5) is 10.1 Å². The van der Waals surface area contributed by atoms with E-state index >= 15 is 4.39 Å². The van der Waals surface area contributed by atoms with Crippen LogP contribution in [0.1, 0.15) is 20.3 Å². The van der Waals surface area contributed by atoms with Crippen LogP contribution in [0.5, 0.6) is 5.75 Å². The summed E-state index contributed by atoms with van der Waals surface area (Å²) in [4.78, 5) is 17.3. The first-order valence-electron chi connectivity index (χ1n) is 11.5. The topological polar surface area (TPSA) is 71.8 Å². The summed E-state index contributed by atoms with van der Waals surface area (Å²) in [6.07, 6.45) is 2.44. The summed E-state index contributed by atoms with van der Waals surface area (Å²) in [5.74, 6) is -0.0104. The highest BCUT2D eigenvalue weighted by Gasteiger charge is 2.26. The Morgan fingerprint density at radius 3 is 2.29 bits per heavy atom. The fourth-order valence-electron chi connectivity index (χ4n) is 4.48. The molecule has 0 aliphatic carbocycles. The van der Waals surface area contributed by atoms with Crippen LogP contribution in [0.15, 0.2) is 57.2 Å². The molecule has 0 spiro atoms. The maximum Gasteiger partial charge on any atom is 0.211 e. The van der Waals surface area contributed by atoms with Crippen LogP contribution in [-0.2, 0) is 16.4 Å². The number of fused-ring (bicyclic) bond motifs is 1. The van der Waals surface area contributed by atoms with Gasteiger partial charge < -0.3 is 14.2 Å². The second-order valence-electron chi connectivity index (χ2n) is 8.44. The van der Waals surface area contributed by atoms with Crippen molar-refractivity contribution in [1.82, 2.24) is 9.47 Å². The lowest BCUT2D eigenvalue weighted by Crippen LogP contribution is -2.46. The van der Waals surface area contributed by atoms with Gasteiger partial charge >= 0.3 is 0 Å². The summed E-state index contributed by atoms with van der Waals surface area (Å²) in [6, 6.07) is 8.71. The molecule has 182 valence electrons. The van der Waals surface area contributed by atoms with Gasteiger partial charge in [0.15, 0.2) is 0 Å². The van der Waals surface area contributed by atoms with Crippen molar-refractivity contribution in [2.45, 2.75) is 36.6 Å². The zero-order chi connectivity index (χ0) is 24.5. The maximum atomic E-state index is 15.2. The minimum absolute atomic E-state index is 0.0190. The monoisotopic (exact) mass is 487 g/mol. The highest BCUT2D eigenvalue weighted by Crippen LogP contribution is 2.28. The van der Waals surface area contributed by atoms with Crippen LogP contribution >= 0.6 is 0 Å². The Labute approximate surface area is 199 Å². The van der Waals surface area contributed by atoms with Gasteiger partial charge in [-0.3, -0.25) is 9.69 Å². The molecule has 0 bridgehead atoms. The minimum Gasteiger partial charge on any atom is -0.497 e. The van der Waals surface area contributed by atoms with E-state index in [-0.39, 0.29) is 15.2 Å². The normalized spacial score (nSPS) is 15.1. The molecular formula is C25H30FN3O4S. The number of methoxy groups -OCH3 is 1. The molecule has 0 unspecified atom stereocenters. The Bertz CT molecular complexity index is 1350. The number of nitrogens with zero attached hydrogens (tertiary/aromatic N) is 3. The van der Waals surface area contributed by atoms with E-state index in [9.17, 15) is 13.2 Å². The van der Waals surface area contributed by atoms with E-state index in [1.165, 1.54) is 43.6 Å². The Hall–Kier alpha value is -2.91. The van der Waals surface area contributed by atoms with E-state index in [2.05, 4.69) is 11.8 Å². The molecule has 2 heterocycles. The van der Waals surface area contributed by atoms with E-state index in [1.54, 1.807) is 10.6 Å². The second kappa shape index (κ2) is 9.76. The molecule has 2 aromatic carbocycles. The van der Waals surface area contributed by atoms with Gasteiger partial charge in [-0.15, -0.1) is 0 Å². The minimum atomic E-state index is -4.10. The Morgan fingerprint density at radius 2 is 1.71 bits per heavy atom. The third-order valence-corrected chi connectivity index (χ3v) is 8.13. The number of aromatic nitrogens is 1. The van der Waals surface area contributed by atoms with Gasteiger partial charge in [0.2, 0.25) is 15.3 Å². The summed E-state index contributed by atoms with van der Waals surface area (Å²) in [6.45, 7) is 8.55. The molecule has 0 N–H and O–H groups in total. The molecule has 4 rings (SSSR count). The first-order valence-corrected chi connectivity index (χ1v) is 13.0. The van der Waals surface area contributed by atoms with Crippen molar-refractivity contribution in [3.8, 4) is 5.75 Å². The van der Waals surface area contributed by atoms with Crippen molar-refractivity contribution < 1.29 is 17.5 Å². The lowest BCUT2D eigenvalue weighted by molar-refractivity contribution is 0.258. The number of ether oxygens (including phenoxy) is 1. The van der Waals surface area contributed by atoms with Crippen molar-refractivity contribution in [3.05, 3.63) is 58.6 Å². The fourth-order valence-corrected chi connectivity index (χ4v) is 5.85. The number of pyridine rings is 1. The Kier molecular flexibility index (Phi) is 6.95. The van der Waals surface area contributed by atoms with Crippen molar-refractivity contribution in [3.63, 3.8) is 0 Å². The zero-order valence-corrected chi connectivity index (χ0v) is 20.6. The smallest absolute Gasteiger partial charge is 0.211 e. The van der Waals surface area contributed by atoms with Crippen molar-refractivity contribution in [1.29, 1.82) is 0 Å². The van der Waals surface area contributed by atoms with E-state index in [1.807, 2.05) is 11.8 Å². The predicted octanol–water partition coefficient (Wildman–Crippen LogP) is 3.53. The van der Waals surface area contributed by atoms with Crippen molar-refractivity contribution >= 4 is 26.4 Å². The standard InChI is InChI=1S/C25H30FN3O4S/c1-4-10-27-11-13-29(14-12-27)23-16-22-20(15-21(23)26)25(30)24(17-28(22)5-2)34(31,32)19-8-6-18(33-3)7-9-19/h6-9,15-17H,4-5,10-14H2,1-3H3. The Balaban J connectivity index is 1.78. The molecule has 1 aliphatic rings. The van der Waals surface area contributed by atoms with Crippen LogP contribution < -0.4 is 15.1 Å². The molecule has 7 nitrogen and oxygen atoms in total. The molecule has 0 atom stereocenters. The van der Waals surface area contributed by atoms with E-state index in [0.717, 1.165) is 26.1 Å². The predicted molar refractivity (Wildman–Crippen MR) is 131 cm³/mol. The fraction of sp³-hybridized carbons (Fsp3) is 0.400. The average Bonchev–Trinajstić information content (AvgIpc) is 2.85. The summed E-state index contributed by atoms with van der Waals surface area (Å²) in [5.41, 5.74) is 0.262. The van der Waals surface area contributed by atoms with Gasteiger partial charge in [-0.05, 0) is 56.3 Å². The first-order chi connectivity index (χ1) is 16.3. The van der Waals surface area contributed by atoms with Crippen LogP contribution in [0.25, 0.3) is 10.9 Å². The molecule has 0 saturated carbocycles. The van der Waals surface area contributed by atoms with Gasteiger partial charge in [0.1, 0.15) is 16.5 Å². The van der Waals surface area contributed by atoms with Gasteiger partial charge in [0.05, 0.1) is 28.6 Å². The Morgan fingerprint density at radius 1 is 1.03 bits per heavy atom. The number of hydrogen-bond acceptors (Lipinski definition) is 6. The van der Waals surface area contributed by atoms with E-state index in [4.69, 9.17) is 4.74 Å². The maximum absolute atomic E-state index is 15.2. The number of piperazine rings is 1. The highest BCUT2D eigenvalue weighted by molar-refractivity contribution is 7.91. The second-order valence-corrected chi connectivity index (χ2v) is 10.4. The molecule has 1 aromatic heterocycles. The zero-order valence-electron chi connectivity index (χ0n) is 19.8. The quantitative estimate of drug-likeness (QED) is 0.508. The number of anilines is 1. The van der Waals surface area contributed by atoms with Gasteiger partial charge in [0, 0.05) is 38.9 Å². The van der Waals surface area contributed by atoms with Crippen molar-refractivity contribution in [2.24, 2.45) is 0 Å². The largest absolute Gasteiger partial charge is 0.497 e. The molecule has 9 heteroatoms. The summed E-state index contributed by atoms with van der Waals surface area (Å²) in [7, 11) is -2.61. The van der Waals surface area contributed by atoms with Gasteiger partial charge in [0.25, 0.3) is 0 Å². The molecule has 34 heavy (non-hydrogen) atoms. The molecule has 1 aliphatic heterocycles. The summed E-state index contributed by atoms with van der Waals surface area (Å²) >= 11 is 0. The highest BCUT2D eigenvalue weighted by atomic mass is 32.2. The SMILES string of the molecule is CCCN1CCN(c2cc3c(cc2F)c(=O)c(S(=O)(=O)c2ccc(OC)cc2)cn3CC)CC1. The third-order valence-electron chi connectivity index (χ3n) is 6.37. The number of halogens is 1. The average molecular weight is 488 g/mol. The molecule has 1 saturated heterocycles. The number of sulfone groups is 1. The number of benzene rings is 2. The van der Waals surface area contributed by atoms with Crippen LogP contribution in [-0.4, -0.2) is 57.7 Å². The lowest BCUT2D eigenvalue weighted by atomic mass is 10.1. The van der Waals surface area contributed by atoms with Gasteiger partial charge in [-0.2, -0.15) is 0 Å². The van der Waals surface area contributed by atoms with Crippen LogP contribution in [0.2, 0.25) is 0 Å². The summed E-state index contributed by atoms with van der Waals surface area (Å²) in [5, 5.41) is 0.0577. The summed E-state index contributed by atoms with van der Waals surface area (Å²) < 4.78 is 48.6. The lowest BCUT2D eigenvalue weighted by Gasteiger charge is -2.36. The van der Waals surface area contributed by atoms with E-state index < -0.39 is 21.1 Å². The van der Waals surface area contributed by atoms with Crippen LogP contribution in [0.3, 0.4) is 0 Å². The van der Waals surface area contributed by atoms with Crippen molar-refractivity contribution in [2.75, 3.05) is 44.7 Å². The molecular weight excluding hydrogens is 457 g/mol. The molecule has 1 fully saturated rings.